The molecule has 1 aliphatic heterocycles. The second-order valence-corrected chi connectivity index (χ2v) is 7.61. The number of carbonyl (C=O) groups excluding carboxylic acids is 3. The van der Waals surface area contributed by atoms with Crippen LogP contribution in [0, 0.1) is 0 Å². The van der Waals surface area contributed by atoms with Crippen LogP contribution in [-0.2, 0) is 9.59 Å². The standard InChI is InChI=1S/C23H18N2O5S/c1-29-17-9-7-16(8-10-17)24-21(26)14-25-22(27)20(31-23(25)28)13-18-11-12-19(30-18)15-5-3-2-4-6-15/h2-13H,14H2,1H3,(H,24,26)/b20-13-. The van der Waals surface area contributed by atoms with Crippen molar-refractivity contribution in [2.75, 3.05) is 19.0 Å². The number of anilines is 1. The SMILES string of the molecule is COc1ccc(NC(=O)CN2C(=O)S/C(=C\c3ccc(-c4ccccc4)o3)C2=O)cc1. The van der Waals surface area contributed by atoms with Crippen LogP contribution < -0.4 is 10.1 Å². The maximum atomic E-state index is 12.6. The Morgan fingerprint density at radius 1 is 1.06 bits per heavy atom. The summed E-state index contributed by atoms with van der Waals surface area (Å²) >= 11 is 0.777. The molecule has 0 radical (unpaired) electrons. The lowest BCUT2D eigenvalue weighted by molar-refractivity contribution is -0.127. The van der Waals surface area contributed by atoms with Crippen LogP contribution >= 0.6 is 11.8 Å². The fraction of sp³-hybridized carbons (Fsp3) is 0.0870. The van der Waals surface area contributed by atoms with Gasteiger partial charge < -0.3 is 14.5 Å². The van der Waals surface area contributed by atoms with E-state index < -0.39 is 17.1 Å². The second-order valence-electron chi connectivity index (χ2n) is 6.61. The van der Waals surface area contributed by atoms with Gasteiger partial charge in [-0.1, -0.05) is 30.3 Å². The Morgan fingerprint density at radius 3 is 2.52 bits per heavy atom. The van der Waals surface area contributed by atoms with Gasteiger partial charge in [-0.15, -0.1) is 0 Å². The van der Waals surface area contributed by atoms with E-state index in [9.17, 15) is 14.4 Å². The number of rotatable bonds is 6. The van der Waals surface area contributed by atoms with Crippen molar-refractivity contribution in [1.82, 2.24) is 4.90 Å². The number of amides is 3. The van der Waals surface area contributed by atoms with Crippen LogP contribution in [-0.4, -0.2) is 35.6 Å². The van der Waals surface area contributed by atoms with Crippen molar-refractivity contribution in [2.24, 2.45) is 0 Å². The van der Waals surface area contributed by atoms with Gasteiger partial charge in [0.2, 0.25) is 5.91 Å². The first-order valence-corrected chi connectivity index (χ1v) is 10.2. The Labute approximate surface area is 182 Å². The van der Waals surface area contributed by atoms with Crippen molar-refractivity contribution in [3.05, 3.63) is 77.4 Å². The summed E-state index contributed by atoms with van der Waals surface area (Å²) in [5.41, 5.74) is 1.45. The molecule has 1 aromatic heterocycles. The number of furan rings is 1. The van der Waals surface area contributed by atoms with E-state index in [4.69, 9.17) is 9.15 Å². The topological polar surface area (TPSA) is 88.8 Å². The Balaban J connectivity index is 1.42. The van der Waals surface area contributed by atoms with Crippen molar-refractivity contribution in [1.29, 1.82) is 0 Å². The maximum Gasteiger partial charge on any atom is 0.294 e. The third-order valence-corrected chi connectivity index (χ3v) is 5.41. The summed E-state index contributed by atoms with van der Waals surface area (Å²) in [6.45, 7) is -0.374. The third-order valence-electron chi connectivity index (χ3n) is 4.51. The summed E-state index contributed by atoms with van der Waals surface area (Å²) in [6, 6.07) is 19.8. The van der Waals surface area contributed by atoms with Crippen LogP contribution in [0.4, 0.5) is 10.5 Å². The van der Waals surface area contributed by atoms with Crippen LogP contribution in [0.25, 0.3) is 17.4 Å². The van der Waals surface area contributed by atoms with Crippen LogP contribution in [0.1, 0.15) is 5.76 Å². The van der Waals surface area contributed by atoms with E-state index in [0.717, 1.165) is 22.2 Å². The van der Waals surface area contributed by atoms with Gasteiger partial charge in [0, 0.05) is 17.3 Å². The second kappa shape index (κ2) is 8.93. The average molecular weight is 434 g/mol. The van der Waals surface area contributed by atoms with E-state index in [-0.39, 0.29) is 11.4 Å². The molecular formula is C23H18N2O5S. The number of methoxy groups -OCH3 is 1. The van der Waals surface area contributed by atoms with Crippen LogP contribution in [0.2, 0.25) is 0 Å². The molecule has 1 saturated heterocycles. The van der Waals surface area contributed by atoms with E-state index in [1.165, 1.54) is 6.08 Å². The zero-order valence-electron chi connectivity index (χ0n) is 16.5. The van der Waals surface area contributed by atoms with Gasteiger partial charge in [-0.25, -0.2) is 0 Å². The van der Waals surface area contributed by atoms with Crippen molar-refractivity contribution in [3.63, 3.8) is 0 Å². The van der Waals surface area contributed by atoms with Gasteiger partial charge in [0.15, 0.2) is 0 Å². The monoisotopic (exact) mass is 434 g/mol. The molecule has 8 heteroatoms. The van der Waals surface area contributed by atoms with Gasteiger partial charge in [0.25, 0.3) is 11.1 Å². The number of imide groups is 1. The van der Waals surface area contributed by atoms with E-state index in [2.05, 4.69) is 5.32 Å². The van der Waals surface area contributed by atoms with Crippen molar-refractivity contribution >= 4 is 40.6 Å². The first-order chi connectivity index (χ1) is 15.0. The van der Waals surface area contributed by atoms with Crippen molar-refractivity contribution < 1.29 is 23.5 Å². The number of nitrogens with zero attached hydrogens (tertiary/aromatic N) is 1. The van der Waals surface area contributed by atoms with Crippen molar-refractivity contribution in [3.8, 4) is 17.1 Å². The molecule has 1 N–H and O–H groups in total. The molecular weight excluding hydrogens is 416 g/mol. The fourth-order valence-electron chi connectivity index (χ4n) is 2.97. The summed E-state index contributed by atoms with van der Waals surface area (Å²) in [4.78, 5) is 38.4. The highest BCUT2D eigenvalue weighted by atomic mass is 32.2. The number of benzene rings is 2. The molecule has 1 fully saturated rings. The van der Waals surface area contributed by atoms with E-state index in [1.807, 2.05) is 30.3 Å². The molecule has 4 rings (SSSR count). The summed E-state index contributed by atoms with van der Waals surface area (Å²) in [6.07, 6.45) is 1.51. The van der Waals surface area contributed by atoms with Gasteiger partial charge in [0.05, 0.1) is 12.0 Å². The molecule has 156 valence electrons. The highest BCUT2D eigenvalue weighted by molar-refractivity contribution is 8.18. The first-order valence-electron chi connectivity index (χ1n) is 9.38. The molecule has 7 nitrogen and oxygen atoms in total. The zero-order chi connectivity index (χ0) is 21.8. The highest BCUT2D eigenvalue weighted by Crippen LogP contribution is 2.33. The molecule has 0 spiro atoms. The Bertz CT molecular complexity index is 1150. The minimum atomic E-state index is -0.530. The fourth-order valence-corrected chi connectivity index (χ4v) is 3.79. The van der Waals surface area contributed by atoms with Gasteiger partial charge in [-0.2, -0.15) is 0 Å². The predicted molar refractivity (Wildman–Crippen MR) is 118 cm³/mol. The molecule has 2 aromatic carbocycles. The number of ether oxygens (including phenoxy) is 1. The zero-order valence-corrected chi connectivity index (χ0v) is 17.3. The molecule has 3 amide bonds. The average Bonchev–Trinajstić information content (AvgIpc) is 3.35. The molecule has 3 aromatic rings. The number of carbonyl (C=O) groups is 3. The lowest BCUT2D eigenvalue weighted by atomic mass is 10.2. The lowest BCUT2D eigenvalue weighted by Crippen LogP contribution is -2.36. The molecule has 0 bridgehead atoms. The van der Waals surface area contributed by atoms with Crippen LogP contribution in [0.5, 0.6) is 5.75 Å². The molecule has 0 unspecified atom stereocenters. The highest BCUT2D eigenvalue weighted by Gasteiger charge is 2.36. The van der Waals surface area contributed by atoms with Gasteiger partial charge in [0.1, 0.15) is 23.8 Å². The normalized spacial score (nSPS) is 14.9. The third kappa shape index (κ3) is 4.70. The van der Waals surface area contributed by atoms with E-state index in [1.54, 1.807) is 43.5 Å². The summed E-state index contributed by atoms with van der Waals surface area (Å²) in [5.74, 6) is 0.759. The molecule has 2 heterocycles. The Morgan fingerprint density at radius 2 is 1.81 bits per heavy atom. The predicted octanol–water partition coefficient (Wildman–Crippen LogP) is 4.63. The van der Waals surface area contributed by atoms with Crippen LogP contribution in [0.3, 0.4) is 0 Å². The lowest BCUT2D eigenvalue weighted by Gasteiger charge is -2.12. The molecule has 31 heavy (non-hydrogen) atoms. The maximum absolute atomic E-state index is 12.6. The van der Waals surface area contributed by atoms with Crippen molar-refractivity contribution in [2.45, 2.75) is 0 Å². The number of hydrogen-bond donors (Lipinski definition) is 1. The van der Waals surface area contributed by atoms with Crippen LogP contribution in [0.15, 0.2) is 76.1 Å². The van der Waals surface area contributed by atoms with E-state index in [0.29, 0.717) is 23.0 Å². The number of hydrogen-bond acceptors (Lipinski definition) is 6. The summed E-state index contributed by atoms with van der Waals surface area (Å²) in [7, 11) is 1.55. The summed E-state index contributed by atoms with van der Waals surface area (Å²) in [5, 5.41) is 2.16. The Hall–Kier alpha value is -3.78. The molecule has 0 aliphatic carbocycles. The smallest absolute Gasteiger partial charge is 0.294 e. The van der Waals surface area contributed by atoms with Gasteiger partial charge in [-0.05, 0) is 48.2 Å². The summed E-state index contributed by atoms with van der Waals surface area (Å²) < 4.78 is 10.8. The number of nitrogens with one attached hydrogen (secondary N) is 1. The molecule has 0 saturated carbocycles. The largest absolute Gasteiger partial charge is 0.497 e. The molecule has 1 aliphatic rings. The first kappa shape index (κ1) is 20.5. The minimum absolute atomic E-state index is 0.205. The van der Waals surface area contributed by atoms with E-state index >= 15 is 0 Å². The quantitative estimate of drug-likeness (QED) is 0.569. The minimum Gasteiger partial charge on any atom is -0.497 e. The Kier molecular flexibility index (Phi) is 5.90. The molecule has 0 atom stereocenters. The van der Waals surface area contributed by atoms with Gasteiger partial charge in [-0.3, -0.25) is 19.3 Å². The number of thioether (sulfide) groups is 1. The van der Waals surface area contributed by atoms with Gasteiger partial charge >= 0.3 is 0 Å².